The number of benzene rings is 1. The van der Waals surface area contributed by atoms with Crippen LogP contribution in [0.5, 0.6) is 11.5 Å². The van der Waals surface area contributed by atoms with Gasteiger partial charge in [0.1, 0.15) is 6.10 Å². The smallest absolute Gasteiger partial charge is 0.331 e. The Hall–Kier alpha value is -2.27. The molecule has 4 fully saturated rings. The van der Waals surface area contributed by atoms with Crippen LogP contribution in [0.3, 0.4) is 0 Å². The van der Waals surface area contributed by atoms with E-state index in [0.29, 0.717) is 28.7 Å². The maximum Gasteiger partial charge on any atom is 0.331 e. The Balaban J connectivity index is 1.25. The van der Waals surface area contributed by atoms with Crippen molar-refractivity contribution < 1.29 is 24.9 Å². The second-order valence-electron chi connectivity index (χ2n) is 17.8. The quantitative estimate of drug-likeness (QED) is 0.139. The molecule has 5 heteroatoms. The average molecular weight is 605 g/mol. The molecule has 0 radical (unpaired) electrons. The molecule has 5 aliphatic carbocycles. The van der Waals surface area contributed by atoms with E-state index in [1.54, 1.807) is 17.7 Å². The molecule has 242 valence electrons. The van der Waals surface area contributed by atoms with E-state index in [2.05, 4.69) is 61.5 Å². The first kappa shape index (κ1) is 31.7. The molecule has 0 aliphatic heterocycles. The topological polar surface area (TPSA) is 87.0 Å². The maximum atomic E-state index is 13.0. The Bertz CT molecular complexity index is 1390. The summed E-state index contributed by atoms with van der Waals surface area (Å²) in [6.45, 7) is 19.5. The summed E-state index contributed by atoms with van der Waals surface area (Å²) in [6.07, 6.45) is 14.9. The van der Waals surface area contributed by atoms with Crippen LogP contribution in [0.4, 0.5) is 0 Å². The van der Waals surface area contributed by atoms with E-state index < -0.39 is 0 Å². The van der Waals surface area contributed by atoms with Gasteiger partial charge in [-0.3, -0.25) is 0 Å². The molecule has 4 saturated carbocycles. The number of phenols is 2. The minimum Gasteiger partial charge on any atom is -0.504 e. The van der Waals surface area contributed by atoms with Gasteiger partial charge in [-0.2, -0.15) is 0 Å². The third kappa shape index (κ3) is 4.53. The van der Waals surface area contributed by atoms with E-state index in [1.807, 2.05) is 0 Å². The van der Waals surface area contributed by atoms with Crippen LogP contribution in [0.25, 0.3) is 6.08 Å². The van der Waals surface area contributed by atoms with Crippen LogP contribution in [0, 0.1) is 50.2 Å². The summed E-state index contributed by atoms with van der Waals surface area (Å²) in [5.41, 5.74) is 2.64. The maximum absolute atomic E-state index is 13.0. The molecule has 6 rings (SSSR count). The molecular weight excluding hydrogens is 548 g/mol. The molecule has 0 bridgehead atoms. The normalized spacial score (nSPS) is 44.0. The van der Waals surface area contributed by atoms with Gasteiger partial charge in [-0.25, -0.2) is 4.79 Å². The first-order valence-electron chi connectivity index (χ1n) is 17.2. The van der Waals surface area contributed by atoms with Crippen LogP contribution in [-0.4, -0.2) is 33.5 Å². The molecular formula is C39H56O5. The minimum atomic E-state index is -0.368. The average Bonchev–Trinajstić information content (AvgIpc) is 2.93. The van der Waals surface area contributed by atoms with Crippen LogP contribution in [-0.2, 0) is 9.53 Å². The SMILES string of the molecule is CC1(C)CCC2(C)[C@@H](O)C[C@]3(C)C(=CC[C@@H]4[C@@]5(C)CC[C@H](OC(=O)/C=C/c6ccc(O)c(O)c6)C(C)(C)[C@@H]5CC[C@]43C)[C@@H]2C1. The van der Waals surface area contributed by atoms with Gasteiger partial charge in [-0.1, -0.05) is 73.1 Å². The lowest BCUT2D eigenvalue weighted by molar-refractivity contribution is -0.219. The molecule has 0 spiro atoms. The largest absolute Gasteiger partial charge is 0.504 e. The third-order valence-corrected chi connectivity index (χ3v) is 14.8. The van der Waals surface area contributed by atoms with Crippen molar-refractivity contribution in [2.75, 3.05) is 0 Å². The number of carbonyl (C=O) groups excluding carboxylic acids is 1. The zero-order valence-corrected chi connectivity index (χ0v) is 28.4. The van der Waals surface area contributed by atoms with Crippen molar-refractivity contribution in [3.05, 3.63) is 41.5 Å². The summed E-state index contributed by atoms with van der Waals surface area (Å²) in [5.74, 6) is 0.642. The van der Waals surface area contributed by atoms with Crippen molar-refractivity contribution >= 4 is 12.0 Å². The highest BCUT2D eigenvalue weighted by atomic mass is 16.5. The van der Waals surface area contributed by atoms with Crippen molar-refractivity contribution in [1.29, 1.82) is 0 Å². The summed E-state index contributed by atoms with van der Waals surface area (Å²) < 4.78 is 6.16. The highest BCUT2D eigenvalue weighted by molar-refractivity contribution is 5.87. The van der Waals surface area contributed by atoms with Gasteiger partial charge < -0.3 is 20.1 Å². The number of carbonyl (C=O) groups is 1. The molecule has 0 aromatic heterocycles. The van der Waals surface area contributed by atoms with Crippen LogP contribution in [0.2, 0.25) is 0 Å². The minimum absolute atomic E-state index is 0.0121. The predicted molar refractivity (Wildman–Crippen MR) is 175 cm³/mol. The van der Waals surface area contributed by atoms with Gasteiger partial charge in [0.15, 0.2) is 11.5 Å². The van der Waals surface area contributed by atoms with Gasteiger partial charge in [-0.15, -0.1) is 0 Å². The number of rotatable bonds is 3. The van der Waals surface area contributed by atoms with E-state index >= 15 is 0 Å². The monoisotopic (exact) mass is 604 g/mol. The lowest BCUT2D eigenvalue weighted by Crippen LogP contribution is -2.66. The molecule has 5 nitrogen and oxygen atoms in total. The fraction of sp³-hybridized carbons (Fsp3) is 0.718. The number of aliphatic hydroxyl groups excluding tert-OH is 1. The molecule has 3 N–H and O–H groups in total. The van der Waals surface area contributed by atoms with Crippen molar-refractivity contribution in [3.8, 4) is 11.5 Å². The summed E-state index contributed by atoms with van der Waals surface area (Å²) in [4.78, 5) is 13.0. The Kier molecular flexibility index (Phi) is 7.29. The van der Waals surface area contributed by atoms with Crippen molar-refractivity contribution in [1.82, 2.24) is 0 Å². The van der Waals surface area contributed by atoms with E-state index in [-0.39, 0.29) is 56.8 Å². The molecule has 5 aliphatic rings. The predicted octanol–water partition coefficient (Wildman–Crippen LogP) is 8.82. The lowest BCUT2D eigenvalue weighted by atomic mass is 9.33. The first-order chi connectivity index (χ1) is 20.4. The van der Waals surface area contributed by atoms with Crippen LogP contribution >= 0.6 is 0 Å². The molecule has 0 amide bonds. The second kappa shape index (κ2) is 10.1. The van der Waals surface area contributed by atoms with Gasteiger partial charge in [0.25, 0.3) is 0 Å². The zero-order valence-electron chi connectivity index (χ0n) is 28.4. The molecule has 1 unspecified atom stereocenters. The molecule has 1 aromatic carbocycles. The summed E-state index contributed by atoms with van der Waals surface area (Å²) in [6, 6.07) is 4.49. The second-order valence-corrected chi connectivity index (χ2v) is 17.8. The van der Waals surface area contributed by atoms with E-state index in [4.69, 9.17) is 4.74 Å². The Morgan fingerprint density at radius 1 is 0.864 bits per heavy atom. The van der Waals surface area contributed by atoms with Gasteiger partial charge >= 0.3 is 5.97 Å². The summed E-state index contributed by atoms with van der Waals surface area (Å²) >= 11 is 0. The number of ether oxygens (including phenoxy) is 1. The molecule has 0 heterocycles. The van der Waals surface area contributed by atoms with E-state index in [9.17, 15) is 20.1 Å². The van der Waals surface area contributed by atoms with E-state index in [1.165, 1.54) is 31.1 Å². The lowest BCUT2D eigenvalue weighted by Gasteiger charge is -2.72. The fourth-order valence-corrected chi connectivity index (χ4v) is 11.7. The molecule has 44 heavy (non-hydrogen) atoms. The number of hydrogen-bond acceptors (Lipinski definition) is 5. The Morgan fingerprint density at radius 2 is 1.59 bits per heavy atom. The molecule has 9 atom stereocenters. The number of aromatic hydroxyl groups is 2. The Labute approximate surface area is 265 Å². The highest BCUT2D eigenvalue weighted by Crippen LogP contribution is 2.75. The van der Waals surface area contributed by atoms with Crippen molar-refractivity contribution in [3.63, 3.8) is 0 Å². The zero-order chi connectivity index (χ0) is 32.1. The van der Waals surface area contributed by atoms with Crippen LogP contribution in [0.1, 0.15) is 119 Å². The Morgan fingerprint density at radius 3 is 2.30 bits per heavy atom. The summed E-state index contributed by atoms with van der Waals surface area (Å²) in [5, 5.41) is 31.2. The van der Waals surface area contributed by atoms with Gasteiger partial charge in [0.2, 0.25) is 0 Å². The third-order valence-electron chi connectivity index (χ3n) is 14.8. The van der Waals surface area contributed by atoms with Crippen molar-refractivity contribution in [2.45, 2.75) is 125 Å². The number of esters is 1. The van der Waals surface area contributed by atoms with Crippen LogP contribution in [0.15, 0.2) is 35.9 Å². The molecule has 1 aromatic rings. The highest BCUT2D eigenvalue weighted by Gasteiger charge is 2.69. The number of hydrogen-bond donors (Lipinski definition) is 3. The van der Waals surface area contributed by atoms with Crippen molar-refractivity contribution in [2.24, 2.45) is 50.2 Å². The van der Waals surface area contributed by atoms with Crippen LogP contribution < -0.4 is 0 Å². The number of fused-ring (bicyclic) bond motifs is 7. The van der Waals surface area contributed by atoms with E-state index in [0.717, 1.165) is 44.9 Å². The van der Waals surface area contributed by atoms with Gasteiger partial charge in [-0.05, 0) is 121 Å². The first-order valence-corrected chi connectivity index (χ1v) is 17.2. The standard InChI is InChI=1S/C39H56O5/c1-34(2)19-20-36(5)26(22-34)25-11-13-30-37(6)17-16-32(44-33(43)14-10-24-9-12-27(40)28(41)21-24)35(3,4)29(37)15-18-38(30,7)39(25,8)23-31(36)42/h9-12,14,21,26,29-32,40-42H,13,15-20,22-23H2,1-8H3/b14-10+/t26-,29-,30+,31-,32-,36?,37-,38+,39+/m0/s1. The fourth-order valence-electron chi connectivity index (χ4n) is 11.7. The van der Waals surface area contributed by atoms with Gasteiger partial charge in [0.05, 0.1) is 6.10 Å². The van der Waals surface area contributed by atoms with Gasteiger partial charge in [0, 0.05) is 16.9 Å². The summed E-state index contributed by atoms with van der Waals surface area (Å²) in [7, 11) is 0. The number of allylic oxidation sites excluding steroid dienone is 2. The number of aliphatic hydroxyl groups is 1. The molecule has 0 saturated heterocycles. The number of phenolic OH excluding ortho intramolecular Hbond substituents is 2.